The summed E-state index contributed by atoms with van der Waals surface area (Å²) in [6.07, 6.45) is -0.544. The number of nitrogens with one attached hydrogen (secondary N) is 1. The average Bonchev–Trinajstić information content (AvgIpc) is 2.99. The molecule has 2 rings (SSSR count). The van der Waals surface area contributed by atoms with E-state index >= 15 is 0 Å². The third kappa shape index (κ3) is 5.11. The van der Waals surface area contributed by atoms with E-state index in [0.717, 1.165) is 0 Å². The Labute approximate surface area is 148 Å². The van der Waals surface area contributed by atoms with Crippen molar-refractivity contribution in [3.8, 4) is 16.3 Å². The van der Waals surface area contributed by atoms with Gasteiger partial charge >= 0.3 is 6.09 Å². The number of alkyl carbamates (subject to hydrolysis) is 1. The van der Waals surface area contributed by atoms with Crippen molar-refractivity contribution in [1.29, 1.82) is 0 Å². The summed E-state index contributed by atoms with van der Waals surface area (Å²) in [5, 5.41) is 22.6. The highest BCUT2D eigenvalue weighted by Gasteiger charge is 2.18. The van der Waals surface area contributed by atoms with Crippen LogP contribution < -0.4 is 10.1 Å². The minimum atomic E-state index is -0.581. The Bertz CT molecular complexity index is 784. The predicted molar refractivity (Wildman–Crippen MR) is 91.6 cm³/mol. The smallest absolute Gasteiger partial charge is 0.408 e. The number of nitrogens with zero attached hydrogens (tertiary/aromatic N) is 3. The van der Waals surface area contributed by atoms with E-state index in [1.807, 2.05) is 0 Å². The Hall–Kier alpha value is -2.75. The summed E-state index contributed by atoms with van der Waals surface area (Å²) in [5.74, 6) is 0.331. The van der Waals surface area contributed by atoms with Crippen LogP contribution in [0.15, 0.2) is 18.2 Å². The number of non-ortho nitro benzene ring substituents is 1. The molecule has 134 valence electrons. The molecule has 0 radical (unpaired) electrons. The highest BCUT2D eigenvalue weighted by Crippen LogP contribution is 2.34. The molecule has 0 saturated carbocycles. The highest BCUT2D eigenvalue weighted by molar-refractivity contribution is 7.14. The molecule has 0 bridgehead atoms. The second-order valence-corrected chi connectivity index (χ2v) is 7.06. The lowest BCUT2D eigenvalue weighted by Gasteiger charge is -2.19. The number of rotatable bonds is 5. The number of nitro benzene ring substituents is 1. The van der Waals surface area contributed by atoms with Gasteiger partial charge in [0.05, 0.1) is 30.2 Å². The average molecular weight is 366 g/mol. The van der Waals surface area contributed by atoms with Crippen LogP contribution in [0.4, 0.5) is 10.5 Å². The van der Waals surface area contributed by atoms with E-state index in [1.165, 1.54) is 30.6 Å². The zero-order valence-corrected chi connectivity index (χ0v) is 15.0. The van der Waals surface area contributed by atoms with E-state index < -0.39 is 16.6 Å². The van der Waals surface area contributed by atoms with Crippen molar-refractivity contribution in [3.05, 3.63) is 33.3 Å². The number of hydrogen-bond acceptors (Lipinski definition) is 8. The molecular weight excluding hydrogens is 348 g/mol. The Morgan fingerprint density at radius 1 is 1.36 bits per heavy atom. The van der Waals surface area contributed by atoms with Crippen LogP contribution >= 0.6 is 11.3 Å². The van der Waals surface area contributed by atoms with Gasteiger partial charge < -0.3 is 14.8 Å². The van der Waals surface area contributed by atoms with Crippen LogP contribution in [-0.4, -0.2) is 33.9 Å². The Morgan fingerprint density at radius 3 is 2.68 bits per heavy atom. The summed E-state index contributed by atoms with van der Waals surface area (Å²) in [7, 11) is 1.43. The highest BCUT2D eigenvalue weighted by atomic mass is 32.1. The van der Waals surface area contributed by atoms with Gasteiger partial charge in [-0.3, -0.25) is 10.1 Å². The normalized spacial score (nSPS) is 11.0. The summed E-state index contributed by atoms with van der Waals surface area (Å²) in [6.45, 7) is 5.49. The van der Waals surface area contributed by atoms with E-state index in [1.54, 1.807) is 26.8 Å². The fourth-order valence-corrected chi connectivity index (χ4v) is 2.68. The summed E-state index contributed by atoms with van der Waals surface area (Å²) >= 11 is 1.25. The van der Waals surface area contributed by atoms with Crippen LogP contribution in [0, 0.1) is 10.1 Å². The van der Waals surface area contributed by atoms with Crippen LogP contribution in [0.5, 0.6) is 5.75 Å². The van der Waals surface area contributed by atoms with Gasteiger partial charge in [-0.1, -0.05) is 11.3 Å². The second-order valence-electron chi connectivity index (χ2n) is 6.00. The lowest BCUT2D eigenvalue weighted by atomic mass is 10.2. The van der Waals surface area contributed by atoms with Gasteiger partial charge in [0.25, 0.3) is 5.69 Å². The first kappa shape index (κ1) is 18.6. The summed E-state index contributed by atoms with van der Waals surface area (Å²) in [6, 6.07) is 4.26. The van der Waals surface area contributed by atoms with Gasteiger partial charge in [-0.15, -0.1) is 10.2 Å². The van der Waals surface area contributed by atoms with Gasteiger partial charge in [-0.05, 0) is 26.8 Å². The number of carbonyl (C=O) groups excluding carboxylic acids is 1. The standard InChI is InChI=1S/C15H18N4O5S/c1-15(2,3)24-14(20)16-8-12-17-18-13(25-12)10-6-5-9(19(21)22)7-11(10)23-4/h5-7H,8H2,1-4H3,(H,16,20). The molecule has 0 aliphatic rings. The molecule has 1 N–H and O–H groups in total. The number of benzene rings is 1. The molecule has 0 saturated heterocycles. The topological polar surface area (TPSA) is 116 Å². The molecule has 1 heterocycles. The van der Waals surface area contributed by atoms with Gasteiger partial charge in [0, 0.05) is 6.07 Å². The fraction of sp³-hybridized carbons (Fsp3) is 0.400. The molecule has 0 aliphatic heterocycles. The first-order chi connectivity index (χ1) is 11.7. The van der Waals surface area contributed by atoms with E-state index in [9.17, 15) is 14.9 Å². The molecule has 10 heteroatoms. The number of aromatic nitrogens is 2. The molecule has 1 aromatic carbocycles. The molecule has 9 nitrogen and oxygen atoms in total. The van der Waals surface area contributed by atoms with E-state index in [0.29, 0.717) is 21.3 Å². The van der Waals surface area contributed by atoms with Crippen LogP contribution in [0.2, 0.25) is 0 Å². The number of hydrogen-bond donors (Lipinski definition) is 1. The molecule has 1 amide bonds. The Kier molecular flexibility index (Phi) is 5.52. The van der Waals surface area contributed by atoms with Crippen molar-refractivity contribution in [1.82, 2.24) is 15.5 Å². The van der Waals surface area contributed by atoms with Crippen molar-refractivity contribution in [2.45, 2.75) is 32.9 Å². The van der Waals surface area contributed by atoms with Gasteiger partial charge in [0.15, 0.2) is 5.01 Å². The molecule has 0 fully saturated rings. The van der Waals surface area contributed by atoms with Gasteiger partial charge in [-0.25, -0.2) is 4.79 Å². The number of ether oxygens (including phenoxy) is 2. The monoisotopic (exact) mass is 366 g/mol. The molecule has 2 aromatic rings. The summed E-state index contributed by atoms with van der Waals surface area (Å²) < 4.78 is 10.3. The van der Waals surface area contributed by atoms with Crippen LogP contribution in [0.3, 0.4) is 0 Å². The maximum absolute atomic E-state index is 11.6. The lowest BCUT2D eigenvalue weighted by molar-refractivity contribution is -0.384. The van der Waals surface area contributed by atoms with E-state index in [4.69, 9.17) is 9.47 Å². The minimum Gasteiger partial charge on any atom is -0.496 e. The molecule has 0 atom stereocenters. The van der Waals surface area contributed by atoms with Crippen molar-refractivity contribution < 1.29 is 19.2 Å². The van der Waals surface area contributed by atoms with Crippen LogP contribution in [-0.2, 0) is 11.3 Å². The van der Waals surface area contributed by atoms with Crippen molar-refractivity contribution in [2.24, 2.45) is 0 Å². The summed E-state index contributed by atoms with van der Waals surface area (Å²) in [4.78, 5) is 22.0. The van der Waals surface area contributed by atoms with Crippen molar-refractivity contribution in [2.75, 3.05) is 7.11 Å². The maximum atomic E-state index is 11.6. The second kappa shape index (κ2) is 7.43. The van der Waals surface area contributed by atoms with Crippen molar-refractivity contribution in [3.63, 3.8) is 0 Å². The molecular formula is C15H18N4O5S. The third-order valence-corrected chi connectivity index (χ3v) is 3.83. The maximum Gasteiger partial charge on any atom is 0.408 e. The molecule has 1 aromatic heterocycles. The third-order valence-electron chi connectivity index (χ3n) is 2.88. The predicted octanol–water partition coefficient (Wildman–Crippen LogP) is 3.15. The Morgan fingerprint density at radius 2 is 2.08 bits per heavy atom. The first-order valence-electron chi connectivity index (χ1n) is 7.31. The first-order valence-corrected chi connectivity index (χ1v) is 8.13. The molecule has 0 unspecified atom stereocenters. The van der Waals surface area contributed by atoms with Crippen molar-refractivity contribution >= 4 is 23.1 Å². The van der Waals surface area contributed by atoms with E-state index in [2.05, 4.69) is 15.5 Å². The van der Waals surface area contributed by atoms with E-state index in [-0.39, 0.29) is 12.2 Å². The number of nitro groups is 1. The minimum absolute atomic E-state index is 0.0723. The lowest BCUT2D eigenvalue weighted by Crippen LogP contribution is -2.32. The van der Waals surface area contributed by atoms with Crippen LogP contribution in [0.25, 0.3) is 10.6 Å². The van der Waals surface area contributed by atoms with Crippen LogP contribution in [0.1, 0.15) is 25.8 Å². The summed E-state index contributed by atoms with van der Waals surface area (Å²) in [5.41, 5.74) is -0.0614. The van der Waals surface area contributed by atoms with Gasteiger partial charge in [0.2, 0.25) is 0 Å². The number of methoxy groups -OCH3 is 1. The Balaban J connectivity index is 2.11. The molecule has 25 heavy (non-hydrogen) atoms. The zero-order valence-electron chi connectivity index (χ0n) is 14.2. The van der Waals surface area contributed by atoms with Gasteiger partial charge in [0.1, 0.15) is 16.4 Å². The number of amides is 1. The largest absolute Gasteiger partial charge is 0.496 e. The fourth-order valence-electron chi connectivity index (χ4n) is 1.87. The molecule has 0 aliphatic carbocycles. The molecule has 0 spiro atoms. The quantitative estimate of drug-likeness (QED) is 0.638. The SMILES string of the molecule is COc1cc([N+](=O)[O-])ccc1-c1nnc(CNC(=O)OC(C)(C)C)s1. The zero-order chi connectivity index (χ0) is 18.6. The number of carbonyl (C=O) groups is 1. The van der Waals surface area contributed by atoms with Gasteiger partial charge in [-0.2, -0.15) is 0 Å².